The van der Waals surface area contributed by atoms with Crippen LogP contribution in [-0.4, -0.2) is 19.9 Å². The molecule has 8 bridgehead atoms. The number of aromatic nitrogens is 4. The van der Waals surface area contributed by atoms with Gasteiger partial charge in [0.25, 0.3) is 0 Å². The third-order valence-electron chi connectivity index (χ3n) is 5.01. The Morgan fingerprint density at radius 1 is 0.633 bits per heavy atom. The van der Waals surface area contributed by atoms with Crippen LogP contribution in [0.4, 0.5) is 0 Å². The maximum atomic E-state index is 4.77. The molecule has 144 valence electrons. The van der Waals surface area contributed by atoms with E-state index < -0.39 is 0 Å². The summed E-state index contributed by atoms with van der Waals surface area (Å²) in [4.78, 5) is 17.7. The monoisotopic (exact) mass is 470 g/mol. The van der Waals surface area contributed by atoms with Crippen LogP contribution in [0.3, 0.4) is 0 Å². The number of thiophene rings is 1. The van der Waals surface area contributed by atoms with E-state index in [1.165, 1.54) is 4.88 Å². The first-order valence-corrected chi connectivity index (χ1v) is 11.1. The molecule has 4 aromatic rings. The number of rotatable bonds is 1. The fraction of sp³-hybridized carbons (Fsp3) is 0. The van der Waals surface area contributed by atoms with Crippen molar-refractivity contribution in [3.63, 3.8) is 0 Å². The van der Waals surface area contributed by atoms with E-state index in [1.54, 1.807) is 11.3 Å². The Bertz CT molecular complexity index is 1520. The van der Waals surface area contributed by atoms with Crippen LogP contribution in [0.1, 0.15) is 22.8 Å². The maximum absolute atomic E-state index is 4.77. The lowest BCUT2D eigenvalue weighted by atomic mass is 10.2. The second-order valence-electron chi connectivity index (χ2n) is 7.19. The topological polar surface area (TPSA) is 57.4 Å². The molecule has 2 aliphatic rings. The van der Waals surface area contributed by atoms with Gasteiger partial charge in [0.05, 0.1) is 26.6 Å². The van der Waals surface area contributed by atoms with Gasteiger partial charge in [0.1, 0.15) is 0 Å². The molecule has 6 heterocycles. The molecule has 30 heavy (non-hydrogen) atoms. The van der Waals surface area contributed by atoms with Gasteiger partial charge in [-0.25, -0.2) is 9.97 Å². The Morgan fingerprint density at radius 3 is 1.83 bits per heavy atom. The largest absolute Gasteiger partial charge is 0.355 e. The SMILES string of the molecule is Brc1ccc(-c2cc3cc4nc(cc5ccc(cc6nc(cc2[nH]3)C=C6)[nH]5)C=C4)s1. The normalized spacial score (nSPS) is 12.6. The standard InChI is InChI=1S/C24H15BrN4S/c25-24-8-7-23(30-24)21-12-20-11-18-4-3-16(27-18)9-14-1-2-15(26-14)10-17-5-6-19(28-17)13-22(21)29-20/h1-13,26,29H. The summed E-state index contributed by atoms with van der Waals surface area (Å²) in [6, 6.07) is 18.8. The smallest absolute Gasteiger partial charge is 0.0705 e. The van der Waals surface area contributed by atoms with Gasteiger partial charge in [0.2, 0.25) is 0 Å². The summed E-state index contributed by atoms with van der Waals surface area (Å²) in [6.07, 6.45) is 8.15. The molecular weight excluding hydrogens is 456 g/mol. The molecule has 0 aromatic carbocycles. The first-order chi connectivity index (χ1) is 14.7. The molecular formula is C24H15BrN4S. The molecule has 0 aliphatic carbocycles. The molecule has 0 amide bonds. The Hall–Kier alpha value is -3.22. The van der Waals surface area contributed by atoms with Crippen molar-refractivity contribution < 1.29 is 0 Å². The van der Waals surface area contributed by atoms with Gasteiger partial charge in [0.15, 0.2) is 0 Å². The van der Waals surface area contributed by atoms with Gasteiger partial charge in [-0.15, -0.1) is 11.3 Å². The number of nitrogens with one attached hydrogen (secondary N) is 2. The number of H-pyrrole nitrogens is 2. The average Bonchev–Trinajstić information content (AvgIpc) is 3.51. The van der Waals surface area contributed by atoms with Crippen LogP contribution in [-0.2, 0) is 0 Å². The zero-order valence-electron chi connectivity index (χ0n) is 15.7. The van der Waals surface area contributed by atoms with Gasteiger partial charge in [-0.05, 0) is 94.8 Å². The first-order valence-electron chi connectivity index (χ1n) is 9.52. The Labute approximate surface area is 184 Å². The lowest BCUT2D eigenvalue weighted by molar-refractivity contribution is 1.31. The first kappa shape index (κ1) is 17.6. The zero-order valence-corrected chi connectivity index (χ0v) is 18.1. The highest BCUT2D eigenvalue weighted by Gasteiger charge is 2.09. The van der Waals surface area contributed by atoms with Gasteiger partial charge in [-0.3, -0.25) is 0 Å². The van der Waals surface area contributed by atoms with E-state index in [9.17, 15) is 0 Å². The number of hydrogen-bond donors (Lipinski definition) is 2. The van der Waals surface area contributed by atoms with Crippen LogP contribution >= 0.6 is 27.3 Å². The molecule has 0 unspecified atom stereocenters. The molecule has 4 nitrogen and oxygen atoms in total. The third kappa shape index (κ3) is 3.34. The second kappa shape index (κ2) is 6.93. The minimum absolute atomic E-state index is 0.922. The van der Waals surface area contributed by atoms with Crippen LogP contribution in [0.25, 0.3) is 56.8 Å². The van der Waals surface area contributed by atoms with Gasteiger partial charge < -0.3 is 9.97 Å². The van der Waals surface area contributed by atoms with Crippen molar-refractivity contribution >= 4 is 73.6 Å². The molecule has 2 aliphatic heterocycles. The summed E-state index contributed by atoms with van der Waals surface area (Å²) in [5.74, 6) is 0. The van der Waals surface area contributed by atoms with Gasteiger partial charge in [-0.1, -0.05) is 0 Å². The lowest BCUT2D eigenvalue weighted by Crippen LogP contribution is -1.76. The summed E-state index contributed by atoms with van der Waals surface area (Å²) in [6.45, 7) is 0. The quantitative estimate of drug-likeness (QED) is 0.268. The van der Waals surface area contributed by atoms with Crippen molar-refractivity contribution in [2.75, 3.05) is 0 Å². The zero-order chi connectivity index (χ0) is 20.1. The van der Waals surface area contributed by atoms with Gasteiger partial charge in [0, 0.05) is 32.5 Å². The minimum Gasteiger partial charge on any atom is -0.355 e. The van der Waals surface area contributed by atoms with Crippen molar-refractivity contribution in [3.05, 3.63) is 81.2 Å². The molecule has 4 aromatic heterocycles. The maximum Gasteiger partial charge on any atom is 0.0705 e. The molecule has 0 saturated heterocycles. The van der Waals surface area contributed by atoms with E-state index >= 15 is 0 Å². The van der Waals surface area contributed by atoms with E-state index in [0.717, 1.165) is 54.2 Å². The molecule has 0 fully saturated rings. The summed E-state index contributed by atoms with van der Waals surface area (Å²) in [5.41, 5.74) is 8.93. The van der Waals surface area contributed by atoms with Gasteiger partial charge in [-0.2, -0.15) is 0 Å². The number of halogens is 1. The minimum atomic E-state index is 0.922. The summed E-state index contributed by atoms with van der Waals surface area (Å²) >= 11 is 5.30. The number of hydrogen-bond acceptors (Lipinski definition) is 3. The number of aromatic amines is 2. The summed E-state index contributed by atoms with van der Waals surface area (Å²) in [7, 11) is 0. The van der Waals surface area contributed by atoms with E-state index in [2.05, 4.69) is 74.4 Å². The Kier molecular flexibility index (Phi) is 4.07. The van der Waals surface area contributed by atoms with Crippen molar-refractivity contribution in [1.82, 2.24) is 19.9 Å². The van der Waals surface area contributed by atoms with E-state index in [4.69, 9.17) is 9.97 Å². The predicted octanol–water partition coefficient (Wildman–Crippen LogP) is 7.15. The van der Waals surface area contributed by atoms with Crippen molar-refractivity contribution in [2.24, 2.45) is 0 Å². The molecule has 0 atom stereocenters. The molecule has 0 saturated carbocycles. The fourth-order valence-corrected chi connectivity index (χ4v) is 5.10. The van der Waals surface area contributed by atoms with Crippen molar-refractivity contribution in [2.45, 2.75) is 0 Å². The molecule has 0 radical (unpaired) electrons. The summed E-state index contributed by atoms with van der Waals surface area (Å²) < 4.78 is 1.11. The number of nitrogens with zero attached hydrogens (tertiary/aromatic N) is 2. The van der Waals surface area contributed by atoms with E-state index in [-0.39, 0.29) is 0 Å². The van der Waals surface area contributed by atoms with Crippen LogP contribution in [0.2, 0.25) is 0 Å². The van der Waals surface area contributed by atoms with Crippen molar-refractivity contribution in [1.29, 1.82) is 0 Å². The van der Waals surface area contributed by atoms with Crippen LogP contribution < -0.4 is 0 Å². The highest BCUT2D eigenvalue weighted by atomic mass is 79.9. The lowest BCUT2D eigenvalue weighted by Gasteiger charge is -1.92. The molecule has 6 heteroatoms. The predicted molar refractivity (Wildman–Crippen MR) is 130 cm³/mol. The highest BCUT2D eigenvalue weighted by molar-refractivity contribution is 9.11. The fourth-order valence-electron chi connectivity index (χ4n) is 3.68. The number of fused-ring (bicyclic) bond motifs is 8. The molecule has 6 rings (SSSR count). The average molecular weight is 471 g/mol. The van der Waals surface area contributed by atoms with Crippen LogP contribution in [0.15, 0.2) is 58.4 Å². The molecule has 2 N–H and O–H groups in total. The van der Waals surface area contributed by atoms with Crippen LogP contribution in [0, 0.1) is 0 Å². The second-order valence-corrected chi connectivity index (χ2v) is 9.65. The highest BCUT2D eigenvalue weighted by Crippen LogP contribution is 2.35. The van der Waals surface area contributed by atoms with Gasteiger partial charge >= 0.3 is 0 Å². The van der Waals surface area contributed by atoms with Crippen molar-refractivity contribution in [3.8, 4) is 10.4 Å². The Balaban J connectivity index is 1.68. The van der Waals surface area contributed by atoms with E-state index in [0.29, 0.717) is 0 Å². The summed E-state index contributed by atoms with van der Waals surface area (Å²) in [5, 5.41) is 0. The van der Waals surface area contributed by atoms with E-state index in [1.807, 2.05) is 30.4 Å². The third-order valence-corrected chi connectivity index (χ3v) is 6.66. The molecule has 0 spiro atoms. The Morgan fingerprint density at radius 2 is 1.23 bits per heavy atom. The van der Waals surface area contributed by atoms with Crippen LogP contribution in [0.5, 0.6) is 0 Å².